The van der Waals surface area contributed by atoms with E-state index in [1.54, 1.807) is 6.92 Å². The highest BCUT2D eigenvalue weighted by Crippen LogP contribution is 2.75. The molecule has 0 aromatic rings. The van der Waals surface area contributed by atoms with Crippen molar-refractivity contribution in [3.05, 3.63) is 11.6 Å². The van der Waals surface area contributed by atoms with Crippen LogP contribution in [0.25, 0.3) is 0 Å². The van der Waals surface area contributed by atoms with Gasteiger partial charge in [-0.2, -0.15) is 0 Å². The first-order valence-corrected chi connectivity index (χ1v) is 11.9. The SMILES string of the molecule is CC(=O)[C@]12CC[C@@]3(OOC1CCC(=O)O)[C@@H]1CCC4=CC(=O)CC[C@]4(C)[C@H]1CC[C@]23C. The molecule has 0 amide bonds. The number of fused-ring (bicyclic) bond motifs is 3. The molecular weight excluding hydrogens is 396 g/mol. The molecule has 0 aromatic carbocycles. The summed E-state index contributed by atoms with van der Waals surface area (Å²) in [4.78, 5) is 48.9. The predicted molar refractivity (Wildman–Crippen MR) is 112 cm³/mol. The molecule has 0 radical (unpaired) electrons. The normalized spacial score (nSPS) is 48.3. The number of aliphatic carboxylic acids is 1. The van der Waals surface area contributed by atoms with Crippen LogP contribution < -0.4 is 0 Å². The van der Waals surface area contributed by atoms with Gasteiger partial charge < -0.3 is 5.11 Å². The summed E-state index contributed by atoms with van der Waals surface area (Å²) in [5.41, 5.74) is -0.256. The van der Waals surface area contributed by atoms with Gasteiger partial charge in [0.05, 0.1) is 5.41 Å². The topological polar surface area (TPSA) is 89.9 Å². The van der Waals surface area contributed by atoms with Crippen LogP contribution in [0.15, 0.2) is 11.6 Å². The van der Waals surface area contributed by atoms with Gasteiger partial charge in [0.25, 0.3) is 0 Å². The average Bonchev–Trinajstić information content (AvgIpc) is 2.86. The summed E-state index contributed by atoms with van der Waals surface area (Å²) in [5.74, 6) is 0.177. The third-order valence-electron chi connectivity index (χ3n) is 10.5. The Bertz CT molecular complexity index is 877. The lowest BCUT2D eigenvalue weighted by Gasteiger charge is -2.66. The minimum absolute atomic E-state index is 0.0118. The quantitative estimate of drug-likeness (QED) is 0.665. The summed E-state index contributed by atoms with van der Waals surface area (Å²) in [5, 5.41) is 9.23. The fourth-order valence-corrected chi connectivity index (χ4v) is 8.85. The lowest BCUT2D eigenvalue weighted by Crippen LogP contribution is -2.69. The summed E-state index contributed by atoms with van der Waals surface area (Å²) >= 11 is 0. The highest BCUT2D eigenvalue weighted by atomic mass is 17.2. The number of Topliss-reactive ketones (excluding diaryl/α,β-unsaturated/α-hetero) is 1. The van der Waals surface area contributed by atoms with Crippen LogP contribution in [0.4, 0.5) is 0 Å². The molecule has 4 fully saturated rings. The van der Waals surface area contributed by atoms with E-state index in [0.29, 0.717) is 25.2 Å². The molecule has 0 spiro atoms. The van der Waals surface area contributed by atoms with Gasteiger partial charge in [-0.25, -0.2) is 9.78 Å². The van der Waals surface area contributed by atoms with Gasteiger partial charge in [-0.05, 0) is 81.6 Å². The number of carboxylic acid groups (broad SMARTS) is 1. The molecular formula is C25H34O6. The summed E-state index contributed by atoms with van der Waals surface area (Å²) in [6, 6.07) is 0. The minimum atomic E-state index is -0.877. The lowest BCUT2D eigenvalue weighted by atomic mass is 9.42. The zero-order chi connectivity index (χ0) is 22.2. The molecule has 1 saturated heterocycles. The standard InChI is InChI=1S/C25H34O6/c1-15(26)24-12-13-25(31-30-20(24)6-7-21(28)29)19-5-4-16-14-17(27)8-10-22(16,2)18(19)9-11-23(24,25)3/h14,18-20H,4-13H2,1-3H3,(H,28,29)/t18-,19+,20?,22-,23+,24+,25+/m0/s1. The number of carbonyl (C=O) groups excluding carboxylic acids is 2. The van der Waals surface area contributed by atoms with E-state index >= 15 is 0 Å². The van der Waals surface area contributed by atoms with Crippen LogP contribution in [-0.4, -0.2) is 34.3 Å². The maximum atomic E-state index is 13.2. The second-order valence-corrected chi connectivity index (χ2v) is 11.2. The zero-order valence-electron chi connectivity index (χ0n) is 18.9. The second-order valence-electron chi connectivity index (χ2n) is 11.2. The first-order chi connectivity index (χ1) is 14.6. The molecule has 0 aromatic heterocycles. The van der Waals surface area contributed by atoms with Crippen molar-refractivity contribution in [3.8, 4) is 0 Å². The summed E-state index contributed by atoms with van der Waals surface area (Å²) in [7, 11) is 0. The van der Waals surface area contributed by atoms with Crippen LogP contribution in [0.2, 0.25) is 0 Å². The highest BCUT2D eigenvalue weighted by molar-refractivity contribution is 5.91. The molecule has 4 aliphatic carbocycles. The van der Waals surface area contributed by atoms with E-state index in [0.717, 1.165) is 38.5 Å². The van der Waals surface area contributed by atoms with E-state index in [1.165, 1.54) is 5.57 Å². The Morgan fingerprint density at radius 2 is 1.87 bits per heavy atom. The number of rotatable bonds is 4. The van der Waals surface area contributed by atoms with Gasteiger partial charge in [0, 0.05) is 18.3 Å². The first-order valence-electron chi connectivity index (χ1n) is 11.9. The zero-order valence-corrected chi connectivity index (χ0v) is 18.9. The third kappa shape index (κ3) is 2.49. The van der Waals surface area contributed by atoms with E-state index in [1.807, 2.05) is 6.08 Å². The molecule has 170 valence electrons. The molecule has 1 heterocycles. The Hall–Kier alpha value is -1.53. The number of carbonyl (C=O) groups is 3. The Kier molecular flexibility index (Phi) is 4.63. The number of hydrogen-bond acceptors (Lipinski definition) is 5. The monoisotopic (exact) mass is 430 g/mol. The lowest BCUT2D eigenvalue weighted by molar-refractivity contribution is -0.471. The van der Waals surface area contributed by atoms with Crippen LogP contribution in [0.1, 0.15) is 85.0 Å². The van der Waals surface area contributed by atoms with Crippen molar-refractivity contribution >= 4 is 17.5 Å². The van der Waals surface area contributed by atoms with Gasteiger partial charge in [0.1, 0.15) is 17.5 Å². The van der Waals surface area contributed by atoms with Crippen LogP contribution in [0.5, 0.6) is 0 Å². The molecule has 7 atom stereocenters. The molecule has 5 aliphatic rings. The van der Waals surface area contributed by atoms with E-state index in [2.05, 4.69) is 13.8 Å². The maximum Gasteiger partial charge on any atom is 0.303 e. The van der Waals surface area contributed by atoms with Crippen molar-refractivity contribution < 1.29 is 29.3 Å². The predicted octanol–water partition coefficient (Wildman–Crippen LogP) is 4.41. The minimum Gasteiger partial charge on any atom is -0.481 e. The molecule has 2 bridgehead atoms. The largest absolute Gasteiger partial charge is 0.481 e. The van der Waals surface area contributed by atoms with Crippen molar-refractivity contribution in [1.82, 2.24) is 0 Å². The van der Waals surface area contributed by atoms with Gasteiger partial charge in [-0.1, -0.05) is 19.4 Å². The van der Waals surface area contributed by atoms with Crippen molar-refractivity contribution in [3.63, 3.8) is 0 Å². The summed E-state index contributed by atoms with van der Waals surface area (Å²) < 4.78 is 0. The Morgan fingerprint density at radius 3 is 2.58 bits per heavy atom. The number of allylic oxidation sites excluding steroid dienone is 1. The molecule has 1 N–H and O–H groups in total. The van der Waals surface area contributed by atoms with E-state index in [-0.39, 0.29) is 34.7 Å². The number of ketones is 2. The molecule has 6 nitrogen and oxygen atoms in total. The van der Waals surface area contributed by atoms with Gasteiger partial charge in [0.2, 0.25) is 0 Å². The summed E-state index contributed by atoms with van der Waals surface area (Å²) in [6.07, 6.45) is 8.37. The smallest absolute Gasteiger partial charge is 0.303 e. The third-order valence-corrected chi connectivity index (χ3v) is 10.5. The van der Waals surface area contributed by atoms with Gasteiger partial charge in [0.15, 0.2) is 5.78 Å². The average molecular weight is 431 g/mol. The van der Waals surface area contributed by atoms with Gasteiger partial charge in [-0.3, -0.25) is 14.4 Å². The van der Waals surface area contributed by atoms with Crippen LogP contribution in [0, 0.1) is 28.1 Å². The Balaban J connectivity index is 1.55. The Labute approximate surface area is 183 Å². The van der Waals surface area contributed by atoms with Crippen LogP contribution >= 0.6 is 0 Å². The molecule has 6 heteroatoms. The van der Waals surface area contributed by atoms with E-state index in [9.17, 15) is 19.5 Å². The number of carboxylic acids is 1. The highest BCUT2D eigenvalue weighted by Gasteiger charge is 2.78. The molecule has 31 heavy (non-hydrogen) atoms. The molecule has 1 unspecified atom stereocenters. The van der Waals surface area contributed by atoms with Gasteiger partial charge in [-0.15, -0.1) is 0 Å². The van der Waals surface area contributed by atoms with Crippen molar-refractivity contribution in [1.29, 1.82) is 0 Å². The van der Waals surface area contributed by atoms with Crippen LogP contribution in [0.3, 0.4) is 0 Å². The molecule has 5 rings (SSSR count). The Morgan fingerprint density at radius 1 is 1.10 bits per heavy atom. The maximum absolute atomic E-state index is 13.2. The second kappa shape index (κ2) is 6.74. The van der Waals surface area contributed by atoms with Crippen LogP contribution in [-0.2, 0) is 24.2 Å². The summed E-state index contributed by atoms with van der Waals surface area (Å²) in [6.45, 7) is 6.20. The fourth-order valence-electron chi connectivity index (χ4n) is 8.85. The van der Waals surface area contributed by atoms with E-state index in [4.69, 9.17) is 9.78 Å². The fraction of sp³-hybridized carbons (Fsp3) is 0.800. The van der Waals surface area contributed by atoms with Crippen molar-refractivity contribution in [2.45, 2.75) is 96.7 Å². The number of hydrogen-bond donors (Lipinski definition) is 1. The first kappa shape index (κ1) is 21.3. The molecule has 1 aliphatic heterocycles. The van der Waals surface area contributed by atoms with Crippen molar-refractivity contribution in [2.75, 3.05) is 0 Å². The van der Waals surface area contributed by atoms with Gasteiger partial charge >= 0.3 is 5.97 Å². The van der Waals surface area contributed by atoms with Crippen molar-refractivity contribution in [2.24, 2.45) is 28.1 Å². The molecule has 3 saturated carbocycles. The van der Waals surface area contributed by atoms with E-state index < -0.39 is 23.1 Å².